The summed E-state index contributed by atoms with van der Waals surface area (Å²) in [5.41, 5.74) is 5.66. The summed E-state index contributed by atoms with van der Waals surface area (Å²) in [4.78, 5) is 0. The van der Waals surface area contributed by atoms with E-state index in [2.05, 4.69) is 14.8 Å². The fraction of sp³-hybridized carbons (Fsp3) is 1.00. The van der Waals surface area contributed by atoms with Crippen molar-refractivity contribution in [1.82, 2.24) is 0 Å². The molecule has 0 saturated carbocycles. The van der Waals surface area contributed by atoms with Crippen molar-refractivity contribution in [1.29, 1.82) is 0 Å². The summed E-state index contributed by atoms with van der Waals surface area (Å²) in [6.07, 6.45) is 4.88. The van der Waals surface area contributed by atoms with E-state index in [-0.39, 0.29) is 0 Å². The Labute approximate surface area is 53.1 Å². The van der Waals surface area contributed by atoms with Crippen LogP contribution >= 0.6 is 0 Å². The summed E-state index contributed by atoms with van der Waals surface area (Å²) in [5.74, 6) is 0. The molecule has 8 heavy (non-hydrogen) atoms. The van der Waals surface area contributed by atoms with Gasteiger partial charge < -0.3 is 5.73 Å². The molecule has 0 fully saturated rings. The van der Waals surface area contributed by atoms with Gasteiger partial charge in [0, 0.05) is 6.04 Å². The Morgan fingerprint density at radius 2 is 2.25 bits per heavy atom. The van der Waals surface area contributed by atoms with Crippen LogP contribution in [0.3, 0.4) is 0 Å². The Morgan fingerprint density at radius 1 is 1.62 bits per heavy atom. The Morgan fingerprint density at radius 3 is 2.62 bits per heavy atom. The van der Waals surface area contributed by atoms with E-state index in [0.717, 1.165) is 6.42 Å². The highest BCUT2D eigenvalue weighted by Crippen LogP contribution is 1.99. The number of nitrogens with two attached hydrogens (primary N) is 1. The highest BCUT2D eigenvalue weighted by molar-refractivity contribution is 6.08. The van der Waals surface area contributed by atoms with Crippen LogP contribution in [-0.4, -0.2) is 13.9 Å². The highest BCUT2D eigenvalue weighted by Gasteiger charge is 1.94. The van der Waals surface area contributed by atoms with Crippen molar-refractivity contribution in [2.45, 2.75) is 38.5 Å². The third kappa shape index (κ3) is 4.19. The van der Waals surface area contributed by atoms with Crippen molar-refractivity contribution < 1.29 is 0 Å². The molecular weight excluding hydrogens is 96.9 g/mol. The Balaban J connectivity index is 2.86. The van der Waals surface area contributed by atoms with Crippen LogP contribution in [0.2, 0.25) is 6.32 Å². The van der Waals surface area contributed by atoms with Crippen LogP contribution in [0.1, 0.15) is 26.2 Å². The van der Waals surface area contributed by atoms with Crippen molar-refractivity contribution in [2.75, 3.05) is 0 Å². The monoisotopic (exact) mass is 113 g/mol. The summed E-state index contributed by atoms with van der Waals surface area (Å²) in [5, 5.41) is 0. The molecule has 2 N–H and O–H groups in total. The van der Waals surface area contributed by atoms with Crippen LogP contribution in [0.4, 0.5) is 0 Å². The van der Waals surface area contributed by atoms with Crippen molar-refractivity contribution in [3.05, 3.63) is 0 Å². The second-order valence-corrected chi connectivity index (χ2v) is 2.31. The van der Waals surface area contributed by atoms with Crippen LogP contribution in [0, 0.1) is 0 Å². The first kappa shape index (κ1) is 8.02. The van der Waals surface area contributed by atoms with Crippen molar-refractivity contribution >= 4 is 7.85 Å². The first-order valence-corrected chi connectivity index (χ1v) is 3.56. The van der Waals surface area contributed by atoms with Gasteiger partial charge in [-0.15, -0.1) is 0 Å². The van der Waals surface area contributed by atoms with Crippen LogP contribution in [0.5, 0.6) is 0 Å². The lowest BCUT2D eigenvalue weighted by Crippen LogP contribution is -2.17. The average molecular weight is 113 g/mol. The van der Waals surface area contributed by atoms with Crippen LogP contribution in [-0.2, 0) is 0 Å². The Bertz CT molecular complexity index is 47.8. The molecule has 0 aromatic rings. The van der Waals surface area contributed by atoms with Gasteiger partial charge in [0.15, 0.2) is 0 Å². The molecule has 0 aromatic heterocycles. The van der Waals surface area contributed by atoms with E-state index >= 15 is 0 Å². The van der Waals surface area contributed by atoms with Crippen LogP contribution in [0.15, 0.2) is 0 Å². The molecule has 0 bridgehead atoms. The van der Waals surface area contributed by atoms with Crippen LogP contribution in [0.25, 0.3) is 0 Å². The molecule has 0 aliphatic carbocycles. The molecule has 48 valence electrons. The summed E-state index contributed by atoms with van der Waals surface area (Å²) < 4.78 is 0. The summed E-state index contributed by atoms with van der Waals surface area (Å²) in [6.45, 7) is 2.14. The van der Waals surface area contributed by atoms with Crippen molar-refractivity contribution in [3.63, 3.8) is 0 Å². The van der Waals surface area contributed by atoms with Crippen LogP contribution < -0.4 is 5.73 Å². The third-order valence-electron chi connectivity index (χ3n) is 1.45. The normalized spacial score (nSPS) is 13.8. The predicted octanol–water partition coefficient (Wildman–Crippen LogP) is 0.555. The maximum Gasteiger partial charge on any atom is 0.101 e. The van der Waals surface area contributed by atoms with Gasteiger partial charge in [-0.2, -0.15) is 0 Å². The molecule has 0 radical (unpaired) electrons. The topological polar surface area (TPSA) is 26.0 Å². The Kier molecular flexibility index (Phi) is 5.18. The van der Waals surface area contributed by atoms with Gasteiger partial charge in [0.25, 0.3) is 0 Å². The quantitative estimate of drug-likeness (QED) is 0.529. The zero-order valence-corrected chi connectivity index (χ0v) is 5.98. The predicted molar refractivity (Wildman–Crippen MR) is 40.9 cm³/mol. The minimum absolute atomic E-state index is 0.454. The molecule has 2 heteroatoms. The maximum atomic E-state index is 5.66. The lowest BCUT2D eigenvalue weighted by molar-refractivity contribution is 0.586. The molecule has 0 aliphatic heterocycles. The molecule has 0 spiro atoms. The minimum Gasteiger partial charge on any atom is -0.328 e. The summed E-state index contributed by atoms with van der Waals surface area (Å²) >= 11 is 0. The van der Waals surface area contributed by atoms with Gasteiger partial charge >= 0.3 is 0 Å². The lowest BCUT2D eigenvalue weighted by atomic mass is 9.97. The lowest BCUT2D eigenvalue weighted by Gasteiger charge is -2.04. The second kappa shape index (κ2) is 5.17. The van der Waals surface area contributed by atoms with Gasteiger partial charge in [-0.1, -0.05) is 19.7 Å². The fourth-order valence-electron chi connectivity index (χ4n) is 0.670. The smallest absolute Gasteiger partial charge is 0.101 e. The van der Waals surface area contributed by atoms with Gasteiger partial charge in [0.05, 0.1) is 0 Å². The van der Waals surface area contributed by atoms with Crippen molar-refractivity contribution in [3.8, 4) is 0 Å². The molecule has 0 aliphatic rings. The van der Waals surface area contributed by atoms with Gasteiger partial charge in [0.2, 0.25) is 0 Å². The van der Waals surface area contributed by atoms with E-state index in [1.54, 1.807) is 0 Å². The van der Waals surface area contributed by atoms with E-state index < -0.39 is 0 Å². The standard InChI is InChI=1S/C6H16BN/c1-2-6(8)4-3-5-7/h6H,2-5,7-8H2,1H3. The largest absolute Gasteiger partial charge is 0.328 e. The SMILES string of the molecule is BCCCC(N)CC. The number of rotatable bonds is 4. The molecule has 1 atom stereocenters. The molecule has 1 nitrogen and oxygen atoms in total. The van der Waals surface area contributed by atoms with E-state index in [0.29, 0.717) is 6.04 Å². The molecule has 1 unspecified atom stereocenters. The first-order valence-electron chi connectivity index (χ1n) is 3.56. The van der Waals surface area contributed by atoms with Gasteiger partial charge in [-0.25, -0.2) is 0 Å². The van der Waals surface area contributed by atoms with Gasteiger partial charge in [0.1, 0.15) is 7.85 Å². The molecule has 0 saturated heterocycles. The molecule has 0 aromatic carbocycles. The zero-order chi connectivity index (χ0) is 6.41. The summed E-state index contributed by atoms with van der Waals surface area (Å²) in [7, 11) is 2.20. The summed E-state index contributed by atoms with van der Waals surface area (Å²) in [6, 6.07) is 0.454. The molecule has 0 heterocycles. The molecule has 0 amide bonds. The molecular formula is C6H16BN. The average Bonchev–Trinajstić information content (AvgIpc) is 1.83. The second-order valence-electron chi connectivity index (χ2n) is 2.31. The third-order valence-corrected chi connectivity index (χ3v) is 1.45. The molecule has 0 rings (SSSR count). The maximum absolute atomic E-state index is 5.66. The minimum atomic E-state index is 0.454. The fourth-order valence-corrected chi connectivity index (χ4v) is 0.670. The number of hydrogen-bond donors (Lipinski definition) is 1. The zero-order valence-electron chi connectivity index (χ0n) is 5.98. The van der Waals surface area contributed by atoms with E-state index in [4.69, 9.17) is 5.73 Å². The van der Waals surface area contributed by atoms with Crippen molar-refractivity contribution in [2.24, 2.45) is 5.73 Å². The van der Waals surface area contributed by atoms with E-state index in [1.165, 1.54) is 19.2 Å². The van der Waals surface area contributed by atoms with E-state index in [1.807, 2.05) is 0 Å². The first-order chi connectivity index (χ1) is 3.81. The Hall–Kier alpha value is 0.0249. The number of hydrogen-bond acceptors (Lipinski definition) is 1. The van der Waals surface area contributed by atoms with Gasteiger partial charge in [-0.3, -0.25) is 0 Å². The highest BCUT2D eigenvalue weighted by atomic mass is 14.6. The van der Waals surface area contributed by atoms with E-state index in [9.17, 15) is 0 Å². The van der Waals surface area contributed by atoms with Gasteiger partial charge in [-0.05, 0) is 12.8 Å².